The summed E-state index contributed by atoms with van der Waals surface area (Å²) in [4.78, 5) is 58.2. The molecule has 0 radical (unpaired) electrons. The molecule has 4 aliphatic heterocycles. The van der Waals surface area contributed by atoms with E-state index in [1.807, 2.05) is 18.7 Å². The Bertz CT molecular complexity index is 1060. The summed E-state index contributed by atoms with van der Waals surface area (Å²) in [6.45, 7) is 7.12. The summed E-state index contributed by atoms with van der Waals surface area (Å²) in [5.74, 6) is -3.82. The average molecular weight is 571 g/mol. The Morgan fingerprint density at radius 3 is 2.36 bits per heavy atom. The van der Waals surface area contributed by atoms with E-state index in [9.17, 15) is 19.2 Å². The average Bonchev–Trinajstić information content (AvgIpc) is 3.14. The highest BCUT2D eigenvalue weighted by Crippen LogP contribution is 2.62. The molecule has 12 nitrogen and oxygen atoms in total. The van der Waals surface area contributed by atoms with Crippen molar-refractivity contribution in [2.24, 2.45) is 11.7 Å². The number of ketones is 2. The van der Waals surface area contributed by atoms with Crippen LogP contribution in [0.3, 0.4) is 0 Å². The first-order valence-corrected chi connectivity index (χ1v) is 12.9. The van der Waals surface area contributed by atoms with Crippen LogP contribution in [-0.4, -0.2) is 119 Å². The highest BCUT2D eigenvalue weighted by Gasteiger charge is 2.81. The van der Waals surface area contributed by atoms with Gasteiger partial charge in [-0.25, -0.2) is 4.79 Å². The molecular formula is C23H31BrN4O8. The van der Waals surface area contributed by atoms with E-state index in [1.54, 1.807) is 9.80 Å². The number of methoxy groups -OCH3 is 1. The number of hydrogen-bond acceptors (Lipinski definition) is 10. The number of nitrogens with zero attached hydrogens (tertiary/aromatic N) is 3. The van der Waals surface area contributed by atoms with Gasteiger partial charge >= 0.3 is 6.09 Å². The SMILES string of the molecule is CCN(CC)CC1(Br)C(=O)C2=C(C(=O)C13OCCO3)[C@@H](COC(N)=O)[C@@]1(OC)[C@@H]3[C@H](CN21)N3C(C)=O. The van der Waals surface area contributed by atoms with E-state index < -0.39 is 39.7 Å². The summed E-state index contributed by atoms with van der Waals surface area (Å²) < 4.78 is 21.7. The molecular weight excluding hydrogens is 540 g/mol. The molecule has 1 spiro atoms. The van der Waals surface area contributed by atoms with Crippen molar-refractivity contribution in [1.82, 2.24) is 14.7 Å². The standard InChI is InChI=1S/C23H31BrN4O8/c1-5-26(6-2)11-21(24)19(31)16-15(18(30)23(21)35-7-8-36-23)13(10-34-20(25)32)22(33-4)17-14(9-27(16)22)28(17)12(3)29/h13-14,17H,5-11H2,1-4H3,(H2,25,32)/t13-,14+,17+,21?,22-,28?/m1/s1. The quantitative estimate of drug-likeness (QED) is 0.317. The van der Waals surface area contributed by atoms with Crippen LogP contribution in [-0.2, 0) is 33.3 Å². The molecule has 1 aliphatic carbocycles. The fourth-order valence-corrected chi connectivity index (χ4v) is 7.64. The number of allylic oxidation sites excluding steroid dienone is 1. The number of rotatable bonds is 7. The second-order valence-electron chi connectivity index (χ2n) is 9.68. The van der Waals surface area contributed by atoms with E-state index >= 15 is 0 Å². The molecule has 0 aromatic heterocycles. The van der Waals surface area contributed by atoms with Crippen LogP contribution in [0, 0.1) is 5.92 Å². The minimum Gasteiger partial charge on any atom is -0.449 e. The number of amides is 2. The van der Waals surface area contributed by atoms with Crippen molar-refractivity contribution in [3.05, 3.63) is 11.3 Å². The van der Waals surface area contributed by atoms with Gasteiger partial charge in [0.1, 0.15) is 12.6 Å². The molecule has 5 rings (SSSR count). The largest absolute Gasteiger partial charge is 0.449 e. The third-order valence-electron chi connectivity index (χ3n) is 8.27. The van der Waals surface area contributed by atoms with Crippen molar-refractivity contribution in [1.29, 1.82) is 0 Å². The minimum atomic E-state index is -1.89. The predicted molar refractivity (Wildman–Crippen MR) is 127 cm³/mol. The van der Waals surface area contributed by atoms with Crippen molar-refractivity contribution in [2.45, 2.75) is 48.7 Å². The molecule has 0 aromatic rings. The maximum absolute atomic E-state index is 14.5. The zero-order valence-electron chi connectivity index (χ0n) is 20.7. The lowest BCUT2D eigenvalue weighted by Crippen LogP contribution is -2.68. The lowest BCUT2D eigenvalue weighted by Gasteiger charge is -2.46. The molecule has 5 atom stereocenters. The second-order valence-corrected chi connectivity index (χ2v) is 11.0. The number of ether oxygens (including phenoxy) is 4. The monoisotopic (exact) mass is 570 g/mol. The van der Waals surface area contributed by atoms with Crippen LogP contribution in [0.4, 0.5) is 4.79 Å². The van der Waals surface area contributed by atoms with Crippen molar-refractivity contribution >= 4 is 39.5 Å². The van der Waals surface area contributed by atoms with Gasteiger partial charge in [0.25, 0.3) is 5.79 Å². The molecule has 0 bridgehead atoms. The van der Waals surface area contributed by atoms with Gasteiger partial charge in [-0.2, -0.15) is 0 Å². The maximum atomic E-state index is 14.5. The molecule has 5 aliphatic rings. The first-order valence-electron chi connectivity index (χ1n) is 12.1. The zero-order chi connectivity index (χ0) is 26.2. The summed E-state index contributed by atoms with van der Waals surface area (Å²) in [5, 5.41) is 0. The van der Waals surface area contributed by atoms with Crippen molar-refractivity contribution in [3.8, 4) is 0 Å². The summed E-state index contributed by atoms with van der Waals surface area (Å²) in [5.41, 5.74) is 4.30. The number of hydrogen-bond donors (Lipinski definition) is 1. The highest BCUT2D eigenvalue weighted by molar-refractivity contribution is 9.10. The molecule has 1 unspecified atom stereocenters. The summed E-state index contributed by atoms with van der Waals surface area (Å²) >= 11 is 3.65. The topological polar surface area (TPSA) is 141 Å². The van der Waals surface area contributed by atoms with E-state index in [0.29, 0.717) is 19.6 Å². The Hall–Kier alpha value is -2.06. The van der Waals surface area contributed by atoms with Crippen molar-refractivity contribution in [2.75, 3.05) is 53.1 Å². The van der Waals surface area contributed by atoms with Crippen molar-refractivity contribution in [3.63, 3.8) is 0 Å². The summed E-state index contributed by atoms with van der Waals surface area (Å²) in [7, 11) is 1.46. The lowest BCUT2D eigenvalue weighted by molar-refractivity contribution is -0.193. The van der Waals surface area contributed by atoms with E-state index in [0.717, 1.165) is 0 Å². The van der Waals surface area contributed by atoms with Crippen LogP contribution in [0.1, 0.15) is 20.8 Å². The zero-order valence-corrected chi connectivity index (χ0v) is 22.3. The number of primary amides is 1. The molecule has 0 aromatic carbocycles. The fourth-order valence-electron chi connectivity index (χ4n) is 6.69. The number of fused-ring (bicyclic) bond motifs is 4. The number of Topliss-reactive ketones (excluding diaryl/α,β-unsaturated/α-hetero) is 2. The van der Waals surface area contributed by atoms with E-state index in [-0.39, 0.29) is 55.4 Å². The molecule has 13 heteroatoms. The smallest absolute Gasteiger partial charge is 0.404 e. The van der Waals surface area contributed by atoms with E-state index in [2.05, 4.69) is 15.9 Å². The third kappa shape index (κ3) is 3.00. The molecule has 3 fully saturated rings. The Kier molecular flexibility index (Phi) is 6.03. The Morgan fingerprint density at radius 2 is 1.83 bits per heavy atom. The Morgan fingerprint density at radius 1 is 1.19 bits per heavy atom. The van der Waals surface area contributed by atoms with Crippen LogP contribution in [0.5, 0.6) is 0 Å². The van der Waals surface area contributed by atoms with Gasteiger partial charge in [-0.15, -0.1) is 0 Å². The van der Waals surface area contributed by atoms with E-state index in [4.69, 9.17) is 24.7 Å². The number of halogens is 1. The minimum absolute atomic E-state index is 0.119. The fraction of sp³-hybridized carbons (Fsp3) is 0.739. The molecule has 0 saturated carbocycles. The van der Waals surface area contributed by atoms with Crippen LogP contribution >= 0.6 is 15.9 Å². The third-order valence-corrected chi connectivity index (χ3v) is 9.41. The summed E-state index contributed by atoms with van der Waals surface area (Å²) in [6, 6.07) is -0.626. The number of carbonyl (C=O) groups excluding carboxylic acids is 4. The maximum Gasteiger partial charge on any atom is 0.404 e. The summed E-state index contributed by atoms with van der Waals surface area (Å²) in [6.07, 6.45) is -1.02. The first kappa shape index (κ1) is 25.6. The Balaban J connectivity index is 1.67. The van der Waals surface area contributed by atoms with Gasteiger partial charge < -0.3 is 39.4 Å². The molecule has 3 saturated heterocycles. The van der Waals surface area contributed by atoms with Gasteiger partial charge in [0.15, 0.2) is 10.0 Å². The van der Waals surface area contributed by atoms with Crippen LogP contribution in [0.15, 0.2) is 11.3 Å². The number of nitrogens with two attached hydrogens (primary N) is 1. The van der Waals surface area contributed by atoms with Crippen LogP contribution < -0.4 is 5.73 Å². The molecule has 198 valence electrons. The number of carbonyl (C=O) groups is 4. The van der Waals surface area contributed by atoms with Gasteiger partial charge in [0.05, 0.1) is 30.9 Å². The predicted octanol–water partition coefficient (Wildman–Crippen LogP) is -0.406. The molecule has 2 N–H and O–H groups in total. The van der Waals surface area contributed by atoms with Crippen LogP contribution in [0.25, 0.3) is 0 Å². The first-order chi connectivity index (χ1) is 17.1. The van der Waals surface area contributed by atoms with Gasteiger partial charge in [0, 0.05) is 32.7 Å². The molecule has 4 heterocycles. The van der Waals surface area contributed by atoms with Crippen molar-refractivity contribution < 1.29 is 38.1 Å². The number of alkyl halides is 1. The van der Waals surface area contributed by atoms with Gasteiger partial charge in [-0.3, -0.25) is 14.4 Å². The molecule has 36 heavy (non-hydrogen) atoms. The van der Waals surface area contributed by atoms with Gasteiger partial charge in [-0.05, 0) is 13.1 Å². The van der Waals surface area contributed by atoms with E-state index in [1.165, 1.54) is 14.0 Å². The second kappa shape index (κ2) is 8.48. The van der Waals surface area contributed by atoms with Crippen LogP contribution in [0.2, 0.25) is 0 Å². The van der Waals surface area contributed by atoms with Gasteiger partial charge in [-0.1, -0.05) is 29.8 Å². The molecule has 2 amide bonds. The lowest BCUT2D eigenvalue weighted by atomic mass is 9.75. The normalized spacial score (nSPS) is 36.0. The number of piperazine rings is 1. The highest BCUT2D eigenvalue weighted by atomic mass is 79.9. The Labute approximate surface area is 217 Å². The van der Waals surface area contributed by atoms with Gasteiger partial charge in [0.2, 0.25) is 17.5 Å².